The summed E-state index contributed by atoms with van der Waals surface area (Å²) >= 11 is 6.86. The van der Waals surface area contributed by atoms with Crippen molar-refractivity contribution in [2.45, 2.75) is 16.8 Å². The molecule has 0 fully saturated rings. The van der Waals surface area contributed by atoms with Gasteiger partial charge in [-0.05, 0) is 18.2 Å². The number of rotatable bonds is 3. The molecule has 0 bridgehead atoms. The van der Waals surface area contributed by atoms with E-state index >= 15 is 0 Å². The van der Waals surface area contributed by atoms with Crippen LogP contribution in [0.5, 0.6) is 0 Å². The summed E-state index contributed by atoms with van der Waals surface area (Å²) in [7, 11) is 0. The number of H-pyrrole nitrogens is 1. The van der Waals surface area contributed by atoms with Crippen molar-refractivity contribution >= 4 is 34.4 Å². The van der Waals surface area contributed by atoms with Crippen molar-refractivity contribution in [1.82, 2.24) is 15.0 Å². The molecule has 0 amide bonds. The Morgan fingerprint density at radius 2 is 2.00 bits per heavy atom. The molecule has 0 aliphatic carbocycles. The third-order valence-electron chi connectivity index (χ3n) is 2.97. The number of nitrogens with zero attached hydrogens (tertiary/aromatic N) is 2. The summed E-state index contributed by atoms with van der Waals surface area (Å²) in [5, 5.41) is -0.0238. The highest BCUT2D eigenvalue weighted by Crippen LogP contribution is 2.31. The zero-order valence-corrected chi connectivity index (χ0v) is 12.9. The molecule has 23 heavy (non-hydrogen) atoms. The number of benzene rings is 1. The lowest BCUT2D eigenvalue weighted by Gasteiger charge is -2.06. The highest BCUT2D eigenvalue weighted by Gasteiger charge is 2.32. The van der Waals surface area contributed by atoms with E-state index in [1.54, 1.807) is 0 Å². The Kier molecular flexibility index (Phi) is 4.20. The monoisotopic (exact) mass is 361 g/mol. The lowest BCUT2D eigenvalue weighted by molar-refractivity contribution is -0.141. The van der Waals surface area contributed by atoms with E-state index in [4.69, 9.17) is 11.6 Å². The molecule has 0 saturated heterocycles. The number of nitrogens with one attached hydrogen (secondary N) is 1. The minimum atomic E-state index is -4.48. The van der Waals surface area contributed by atoms with Crippen molar-refractivity contribution in [3.8, 4) is 0 Å². The maximum absolute atomic E-state index is 13.4. The molecule has 0 aliphatic rings. The second-order valence-corrected chi connectivity index (χ2v) is 6.09. The van der Waals surface area contributed by atoms with Crippen LogP contribution in [-0.4, -0.2) is 15.0 Å². The van der Waals surface area contributed by atoms with Crippen LogP contribution >= 0.6 is 23.4 Å². The van der Waals surface area contributed by atoms with Gasteiger partial charge in [0, 0.05) is 17.2 Å². The van der Waals surface area contributed by atoms with Crippen LogP contribution in [0.15, 0.2) is 35.4 Å². The summed E-state index contributed by atoms with van der Waals surface area (Å²) in [4.78, 5) is 10.9. The average molecular weight is 362 g/mol. The Labute approximate surface area is 137 Å². The molecule has 3 rings (SSSR count). The van der Waals surface area contributed by atoms with Crippen LogP contribution in [0.25, 0.3) is 11.0 Å². The third-order valence-corrected chi connectivity index (χ3v) is 4.27. The van der Waals surface area contributed by atoms with Crippen LogP contribution in [0.1, 0.15) is 11.5 Å². The largest absolute Gasteiger partial charge is 0.433 e. The van der Waals surface area contributed by atoms with E-state index < -0.39 is 17.7 Å². The number of alkyl halides is 3. The first-order valence-corrected chi connectivity index (χ1v) is 7.69. The lowest BCUT2D eigenvalue weighted by atomic mass is 10.3. The molecular formula is C14H8ClF4N3S. The molecule has 9 heteroatoms. The summed E-state index contributed by atoms with van der Waals surface area (Å²) in [6, 6.07) is 5.08. The van der Waals surface area contributed by atoms with Crippen molar-refractivity contribution in [3.05, 3.63) is 52.8 Å². The maximum Gasteiger partial charge on any atom is 0.433 e. The average Bonchev–Trinajstić information content (AvgIpc) is 2.87. The van der Waals surface area contributed by atoms with E-state index in [-0.39, 0.29) is 5.02 Å². The standard InChI is InChI=1S/C14H8ClF4N3S/c15-8-4-10-11(5-9(8)16)22-13(21-10)6-23-7-1-2-20-12(3-7)14(17,18)19/h1-5H,6H2,(H,21,22). The van der Waals surface area contributed by atoms with Gasteiger partial charge >= 0.3 is 6.18 Å². The van der Waals surface area contributed by atoms with Crippen LogP contribution in [0.2, 0.25) is 5.02 Å². The van der Waals surface area contributed by atoms with Gasteiger partial charge in [-0.25, -0.2) is 9.37 Å². The van der Waals surface area contributed by atoms with Crippen LogP contribution < -0.4 is 0 Å². The second-order valence-electron chi connectivity index (χ2n) is 4.63. The molecule has 0 spiro atoms. The normalized spacial score (nSPS) is 12.0. The van der Waals surface area contributed by atoms with Crippen molar-refractivity contribution in [2.75, 3.05) is 0 Å². The predicted octanol–water partition coefficient (Wildman–Crippen LogP) is 5.06. The SMILES string of the molecule is Fc1cc2nc(CSc3ccnc(C(F)(F)F)c3)[nH]c2cc1Cl. The van der Waals surface area contributed by atoms with Gasteiger partial charge in [-0.3, -0.25) is 4.98 Å². The number of aromatic amines is 1. The predicted molar refractivity (Wildman–Crippen MR) is 79.9 cm³/mol. The van der Waals surface area contributed by atoms with E-state index in [0.29, 0.717) is 27.5 Å². The Balaban J connectivity index is 1.78. The van der Waals surface area contributed by atoms with Crippen LogP contribution in [-0.2, 0) is 11.9 Å². The van der Waals surface area contributed by atoms with Gasteiger partial charge in [-0.2, -0.15) is 13.2 Å². The minimum Gasteiger partial charge on any atom is -0.341 e. The van der Waals surface area contributed by atoms with Crippen LogP contribution in [0.3, 0.4) is 0 Å². The lowest BCUT2D eigenvalue weighted by Crippen LogP contribution is -2.07. The van der Waals surface area contributed by atoms with Crippen molar-refractivity contribution in [2.24, 2.45) is 0 Å². The molecule has 2 heterocycles. The Morgan fingerprint density at radius 3 is 2.74 bits per heavy atom. The summed E-state index contributed by atoms with van der Waals surface area (Å²) in [6.07, 6.45) is -3.37. The smallest absolute Gasteiger partial charge is 0.341 e. The topological polar surface area (TPSA) is 41.6 Å². The van der Waals surface area contributed by atoms with Gasteiger partial charge < -0.3 is 4.98 Å². The zero-order valence-electron chi connectivity index (χ0n) is 11.3. The highest BCUT2D eigenvalue weighted by atomic mass is 35.5. The first-order chi connectivity index (χ1) is 10.8. The number of thioether (sulfide) groups is 1. The van der Waals surface area contributed by atoms with E-state index in [1.165, 1.54) is 30.0 Å². The number of fused-ring (bicyclic) bond motifs is 1. The van der Waals surface area contributed by atoms with E-state index in [9.17, 15) is 17.6 Å². The molecule has 3 nitrogen and oxygen atoms in total. The van der Waals surface area contributed by atoms with Crippen molar-refractivity contribution in [1.29, 1.82) is 0 Å². The van der Waals surface area contributed by atoms with Gasteiger partial charge in [0.15, 0.2) is 0 Å². The summed E-state index contributed by atoms with van der Waals surface area (Å²) < 4.78 is 51.2. The molecule has 2 aromatic heterocycles. The van der Waals surface area contributed by atoms with Gasteiger partial charge in [0.2, 0.25) is 0 Å². The van der Waals surface area contributed by atoms with Gasteiger partial charge in [0.05, 0.1) is 21.8 Å². The highest BCUT2D eigenvalue weighted by molar-refractivity contribution is 7.98. The zero-order chi connectivity index (χ0) is 16.6. The van der Waals surface area contributed by atoms with Gasteiger partial charge in [-0.1, -0.05) is 11.6 Å². The molecule has 0 radical (unpaired) electrons. The molecule has 120 valence electrons. The molecule has 1 N–H and O–H groups in total. The number of imidazole rings is 1. The van der Waals surface area contributed by atoms with Gasteiger partial charge in [0.25, 0.3) is 0 Å². The molecule has 1 aromatic carbocycles. The number of aromatic nitrogens is 3. The van der Waals surface area contributed by atoms with Crippen LogP contribution in [0, 0.1) is 5.82 Å². The van der Waals surface area contributed by atoms with Gasteiger partial charge in [-0.15, -0.1) is 11.8 Å². The Morgan fingerprint density at radius 1 is 1.22 bits per heavy atom. The fourth-order valence-corrected chi connectivity index (χ4v) is 2.89. The molecular weight excluding hydrogens is 354 g/mol. The quantitative estimate of drug-likeness (QED) is 0.523. The molecule has 0 unspecified atom stereocenters. The van der Waals surface area contributed by atoms with E-state index in [0.717, 1.165) is 12.3 Å². The summed E-state index contributed by atoms with van der Waals surface area (Å²) in [6.45, 7) is 0. The second kappa shape index (κ2) is 6.01. The molecule has 0 aliphatic heterocycles. The van der Waals surface area contributed by atoms with Crippen molar-refractivity contribution < 1.29 is 17.6 Å². The fourth-order valence-electron chi connectivity index (χ4n) is 1.93. The Bertz CT molecular complexity index is 824. The number of pyridine rings is 1. The van der Waals surface area contributed by atoms with E-state index in [2.05, 4.69) is 15.0 Å². The summed E-state index contributed by atoms with van der Waals surface area (Å²) in [5.41, 5.74) is 0.0341. The molecule has 0 atom stereocenters. The van der Waals surface area contributed by atoms with Gasteiger partial charge in [0.1, 0.15) is 17.3 Å². The number of hydrogen-bond donors (Lipinski definition) is 1. The van der Waals surface area contributed by atoms with Crippen molar-refractivity contribution in [3.63, 3.8) is 0 Å². The number of halogens is 5. The van der Waals surface area contributed by atoms with E-state index in [1.807, 2.05) is 0 Å². The Hall–Kier alpha value is -1.80. The molecule has 0 saturated carbocycles. The fraction of sp³-hybridized carbons (Fsp3) is 0.143. The first-order valence-electron chi connectivity index (χ1n) is 6.32. The third kappa shape index (κ3) is 3.59. The maximum atomic E-state index is 13.4. The van der Waals surface area contributed by atoms with Crippen LogP contribution in [0.4, 0.5) is 17.6 Å². The minimum absolute atomic E-state index is 0.0238. The molecule has 3 aromatic rings. The number of hydrogen-bond acceptors (Lipinski definition) is 3. The summed E-state index contributed by atoms with van der Waals surface area (Å²) in [5.74, 6) is 0.237. The first kappa shape index (κ1) is 16.1.